The summed E-state index contributed by atoms with van der Waals surface area (Å²) in [5, 5.41) is 3.38. The van der Waals surface area contributed by atoms with Gasteiger partial charge < -0.3 is 0 Å². The number of hydrogen-bond donors (Lipinski definition) is 0. The van der Waals surface area contributed by atoms with Crippen LogP contribution in [0.1, 0.15) is 35.0 Å². The van der Waals surface area contributed by atoms with E-state index in [9.17, 15) is 9.59 Å². The number of imide groups is 1. The molecule has 26 heavy (non-hydrogen) atoms. The minimum Gasteiger partial charge on any atom is -0.296 e. The van der Waals surface area contributed by atoms with Gasteiger partial charge in [-0.15, -0.1) is 11.3 Å². The molecule has 5 nitrogen and oxygen atoms in total. The van der Waals surface area contributed by atoms with E-state index in [-0.39, 0.29) is 23.7 Å². The second kappa shape index (κ2) is 6.28. The molecule has 3 heterocycles. The molecular weight excluding hydrogens is 346 g/mol. The van der Waals surface area contributed by atoms with E-state index in [1.807, 2.05) is 30.3 Å². The fraction of sp³-hybridized carbons (Fsp3) is 0.450. The summed E-state index contributed by atoms with van der Waals surface area (Å²) in [5.41, 5.74) is 2.08. The minimum atomic E-state index is -0.187. The molecule has 2 amide bonds. The van der Waals surface area contributed by atoms with Gasteiger partial charge in [-0.1, -0.05) is 30.3 Å². The average Bonchev–Trinajstić information content (AvgIpc) is 3.20. The maximum atomic E-state index is 12.8. The standard InChI is InChI=1S/C20H21N3O2S/c24-19-16-10-22(9-15-12-26-18(21-15)14-6-7-14)11-17(16)20(25)23(19)8-13-4-2-1-3-5-13/h1-5,12,14,16-17H,6-11H2. The molecule has 1 aliphatic carbocycles. The first kappa shape index (κ1) is 16.1. The van der Waals surface area contributed by atoms with E-state index in [4.69, 9.17) is 4.98 Å². The molecule has 0 spiro atoms. The zero-order chi connectivity index (χ0) is 17.7. The first-order chi connectivity index (χ1) is 12.7. The Morgan fingerprint density at radius 1 is 1.00 bits per heavy atom. The molecule has 2 unspecified atom stereocenters. The molecule has 2 aromatic rings. The van der Waals surface area contributed by atoms with Gasteiger partial charge in [0.25, 0.3) is 0 Å². The Morgan fingerprint density at radius 3 is 2.35 bits per heavy atom. The molecule has 2 saturated heterocycles. The van der Waals surface area contributed by atoms with Gasteiger partial charge >= 0.3 is 0 Å². The zero-order valence-corrected chi connectivity index (χ0v) is 15.3. The molecule has 2 aliphatic heterocycles. The van der Waals surface area contributed by atoms with E-state index < -0.39 is 0 Å². The molecule has 2 atom stereocenters. The van der Waals surface area contributed by atoms with Crippen LogP contribution in [-0.4, -0.2) is 39.7 Å². The van der Waals surface area contributed by atoms with Crippen LogP contribution < -0.4 is 0 Å². The number of hydrogen-bond acceptors (Lipinski definition) is 5. The third-order valence-corrected chi connectivity index (χ3v) is 6.68. The van der Waals surface area contributed by atoms with Crippen LogP contribution in [0, 0.1) is 11.8 Å². The van der Waals surface area contributed by atoms with Crippen molar-refractivity contribution in [1.29, 1.82) is 0 Å². The molecule has 0 N–H and O–H groups in total. The summed E-state index contributed by atoms with van der Waals surface area (Å²) in [6, 6.07) is 9.73. The van der Waals surface area contributed by atoms with Crippen molar-refractivity contribution < 1.29 is 9.59 Å². The minimum absolute atomic E-state index is 0.0108. The number of aromatic nitrogens is 1. The summed E-state index contributed by atoms with van der Waals surface area (Å²) in [4.78, 5) is 33.9. The van der Waals surface area contributed by atoms with Crippen molar-refractivity contribution in [2.24, 2.45) is 11.8 Å². The van der Waals surface area contributed by atoms with Crippen molar-refractivity contribution in [3.63, 3.8) is 0 Å². The van der Waals surface area contributed by atoms with Gasteiger partial charge in [-0.2, -0.15) is 0 Å². The highest BCUT2D eigenvalue weighted by Crippen LogP contribution is 2.41. The number of rotatable bonds is 5. The topological polar surface area (TPSA) is 53.5 Å². The second-order valence-corrected chi connectivity index (χ2v) is 8.50. The van der Waals surface area contributed by atoms with Crippen LogP contribution in [0.25, 0.3) is 0 Å². The van der Waals surface area contributed by atoms with E-state index in [1.165, 1.54) is 22.7 Å². The van der Waals surface area contributed by atoms with Gasteiger partial charge in [0.05, 0.1) is 29.1 Å². The summed E-state index contributed by atoms with van der Waals surface area (Å²) < 4.78 is 0. The number of nitrogens with zero attached hydrogens (tertiary/aromatic N) is 3. The summed E-state index contributed by atoms with van der Waals surface area (Å²) in [5.74, 6) is 0.286. The Labute approximate surface area is 156 Å². The van der Waals surface area contributed by atoms with Gasteiger partial charge in [0.15, 0.2) is 0 Å². The Kier molecular flexibility index (Phi) is 3.90. The largest absolute Gasteiger partial charge is 0.296 e. The maximum Gasteiger partial charge on any atom is 0.234 e. The van der Waals surface area contributed by atoms with Gasteiger partial charge in [-0.3, -0.25) is 19.4 Å². The first-order valence-corrected chi connectivity index (χ1v) is 10.1. The monoisotopic (exact) mass is 367 g/mol. The van der Waals surface area contributed by atoms with E-state index in [0.717, 1.165) is 17.8 Å². The summed E-state index contributed by atoms with van der Waals surface area (Å²) >= 11 is 1.75. The molecule has 3 fully saturated rings. The van der Waals surface area contributed by atoms with Crippen molar-refractivity contribution in [2.75, 3.05) is 13.1 Å². The molecule has 134 valence electrons. The fourth-order valence-corrected chi connectivity index (χ4v) is 5.07. The number of benzene rings is 1. The quantitative estimate of drug-likeness (QED) is 0.763. The van der Waals surface area contributed by atoms with Crippen LogP contribution >= 0.6 is 11.3 Å². The van der Waals surface area contributed by atoms with Gasteiger partial charge in [0, 0.05) is 30.9 Å². The molecule has 6 heteroatoms. The van der Waals surface area contributed by atoms with E-state index in [2.05, 4.69) is 10.3 Å². The number of thiazole rings is 1. The second-order valence-electron chi connectivity index (χ2n) is 7.61. The summed E-state index contributed by atoms with van der Waals surface area (Å²) in [7, 11) is 0. The van der Waals surface area contributed by atoms with E-state index >= 15 is 0 Å². The van der Waals surface area contributed by atoms with Crippen LogP contribution in [0.15, 0.2) is 35.7 Å². The molecule has 1 saturated carbocycles. The molecular formula is C20H21N3O2S. The number of carbonyl (C=O) groups excluding carboxylic acids is 2. The molecule has 0 bridgehead atoms. The lowest BCUT2D eigenvalue weighted by atomic mass is 10.00. The Balaban J connectivity index is 1.24. The highest BCUT2D eigenvalue weighted by molar-refractivity contribution is 7.09. The Hall–Kier alpha value is -2.05. The third-order valence-electron chi connectivity index (χ3n) is 5.63. The van der Waals surface area contributed by atoms with Gasteiger partial charge in [-0.05, 0) is 18.4 Å². The molecule has 0 radical (unpaired) electrons. The maximum absolute atomic E-state index is 12.8. The first-order valence-electron chi connectivity index (χ1n) is 9.25. The van der Waals surface area contributed by atoms with Crippen molar-refractivity contribution in [1.82, 2.24) is 14.8 Å². The average molecular weight is 367 g/mol. The van der Waals surface area contributed by atoms with Gasteiger partial charge in [0.1, 0.15) is 0 Å². The Morgan fingerprint density at radius 2 is 1.69 bits per heavy atom. The van der Waals surface area contributed by atoms with E-state index in [0.29, 0.717) is 25.6 Å². The number of fused-ring (bicyclic) bond motifs is 1. The highest BCUT2D eigenvalue weighted by Gasteiger charge is 2.52. The lowest BCUT2D eigenvalue weighted by molar-refractivity contribution is -0.141. The number of carbonyl (C=O) groups is 2. The normalized spacial score (nSPS) is 25.9. The smallest absolute Gasteiger partial charge is 0.234 e. The third kappa shape index (κ3) is 2.87. The van der Waals surface area contributed by atoms with Crippen molar-refractivity contribution in [3.05, 3.63) is 52.0 Å². The van der Waals surface area contributed by atoms with Crippen LogP contribution in [0.4, 0.5) is 0 Å². The summed E-state index contributed by atoms with van der Waals surface area (Å²) in [6.45, 7) is 2.46. The van der Waals surface area contributed by atoms with Crippen LogP contribution in [0.5, 0.6) is 0 Å². The van der Waals surface area contributed by atoms with Crippen molar-refractivity contribution >= 4 is 23.2 Å². The molecule has 1 aromatic heterocycles. The molecule has 1 aromatic carbocycles. The van der Waals surface area contributed by atoms with Crippen LogP contribution in [-0.2, 0) is 22.7 Å². The van der Waals surface area contributed by atoms with Gasteiger partial charge in [-0.25, -0.2) is 4.98 Å². The van der Waals surface area contributed by atoms with Gasteiger partial charge in [0.2, 0.25) is 11.8 Å². The van der Waals surface area contributed by atoms with Crippen LogP contribution in [0.3, 0.4) is 0 Å². The fourth-order valence-electron chi connectivity index (χ4n) is 4.09. The lowest BCUT2D eigenvalue weighted by Crippen LogP contribution is -2.35. The predicted molar refractivity (Wildman–Crippen MR) is 98.3 cm³/mol. The SMILES string of the molecule is O=C1C2CN(Cc3csc(C4CC4)n3)CC2C(=O)N1Cc1ccccc1. The van der Waals surface area contributed by atoms with E-state index in [1.54, 1.807) is 11.3 Å². The molecule has 3 aliphatic rings. The zero-order valence-electron chi connectivity index (χ0n) is 14.5. The van der Waals surface area contributed by atoms with Crippen molar-refractivity contribution in [2.45, 2.75) is 31.8 Å². The Bertz CT molecular complexity index is 822. The number of amides is 2. The summed E-state index contributed by atoms with van der Waals surface area (Å²) in [6.07, 6.45) is 2.53. The molecule has 5 rings (SSSR count). The number of likely N-dealkylation sites (tertiary alicyclic amines) is 2. The van der Waals surface area contributed by atoms with Crippen LogP contribution in [0.2, 0.25) is 0 Å². The lowest BCUT2D eigenvalue weighted by Gasteiger charge is -2.20. The predicted octanol–water partition coefficient (Wildman–Crippen LogP) is 2.64. The van der Waals surface area contributed by atoms with Crippen molar-refractivity contribution in [3.8, 4) is 0 Å². The highest BCUT2D eigenvalue weighted by atomic mass is 32.1.